The number of aliphatic hydroxyl groups is 1. The summed E-state index contributed by atoms with van der Waals surface area (Å²) >= 11 is 0. The van der Waals surface area contributed by atoms with E-state index in [1.807, 2.05) is 0 Å². The second-order valence-electron chi connectivity index (χ2n) is 32.7. The molecule has 3 N–H and O–H groups in total. The highest BCUT2D eigenvalue weighted by Gasteiger charge is 2.30. The van der Waals surface area contributed by atoms with Gasteiger partial charge < -0.3 is 33.8 Å². The Balaban J connectivity index is 5.21. The molecule has 0 aliphatic carbocycles. The highest BCUT2D eigenvalue weighted by molar-refractivity contribution is 7.47. The van der Waals surface area contributed by atoms with E-state index in [2.05, 4.69) is 48.5 Å². The first kappa shape index (κ1) is 104. The Hall–Kier alpha value is -1.94. The zero-order chi connectivity index (χ0) is 77.9. The first-order valence-electron chi connectivity index (χ1n) is 44.8. The number of aliphatic hydroxyl groups excluding tert-OH is 1. The maximum absolute atomic E-state index is 13.1. The molecule has 0 fully saturated rings. The number of phosphoric ester groups is 2. The monoisotopic (exact) mass is 1550 g/mol. The van der Waals surface area contributed by atoms with E-state index in [-0.39, 0.29) is 25.7 Å². The topological polar surface area (TPSA) is 237 Å². The summed E-state index contributed by atoms with van der Waals surface area (Å²) in [4.78, 5) is 73.2. The first-order chi connectivity index (χ1) is 51.2. The average Bonchev–Trinajstić information content (AvgIpc) is 0.900. The summed E-state index contributed by atoms with van der Waals surface area (Å²) in [6, 6.07) is 0. The number of ether oxygens (including phenoxy) is 4. The van der Waals surface area contributed by atoms with Gasteiger partial charge in [0.2, 0.25) is 0 Å². The van der Waals surface area contributed by atoms with Crippen LogP contribution in [-0.4, -0.2) is 96.7 Å². The molecule has 106 heavy (non-hydrogen) atoms. The number of esters is 4. The molecular formula is C87H170O17P2. The third-order valence-corrected chi connectivity index (χ3v) is 22.3. The van der Waals surface area contributed by atoms with Crippen molar-refractivity contribution in [3.05, 3.63) is 0 Å². The zero-order valence-electron chi connectivity index (χ0n) is 69.9. The molecule has 19 heteroatoms. The van der Waals surface area contributed by atoms with Gasteiger partial charge in [0, 0.05) is 25.7 Å². The smallest absolute Gasteiger partial charge is 0.462 e. The molecule has 0 saturated heterocycles. The number of carbonyl (C=O) groups excluding carboxylic acids is 4. The van der Waals surface area contributed by atoms with E-state index in [0.717, 1.165) is 108 Å². The Morgan fingerprint density at radius 3 is 0.642 bits per heavy atom. The summed E-state index contributed by atoms with van der Waals surface area (Å²) in [5.41, 5.74) is 0. The second-order valence-corrected chi connectivity index (χ2v) is 35.6. The van der Waals surface area contributed by atoms with Crippen molar-refractivity contribution >= 4 is 39.5 Å². The summed E-state index contributed by atoms with van der Waals surface area (Å²) in [5, 5.41) is 10.7. The van der Waals surface area contributed by atoms with Crippen LogP contribution in [0.5, 0.6) is 0 Å². The third kappa shape index (κ3) is 80.1. The zero-order valence-corrected chi connectivity index (χ0v) is 71.7. The van der Waals surface area contributed by atoms with E-state index in [4.69, 9.17) is 37.0 Å². The van der Waals surface area contributed by atoms with Crippen LogP contribution in [0.2, 0.25) is 0 Å². The van der Waals surface area contributed by atoms with Gasteiger partial charge in [-0.25, -0.2) is 9.13 Å². The number of unbranched alkanes of at least 4 members (excludes halogenated alkanes) is 53. The van der Waals surface area contributed by atoms with Gasteiger partial charge in [0.05, 0.1) is 26.4 Å². The van der Waals surface area contributed by atoms with Gasteiger partial charge in [-0.15, -0.1) is 0 Å². The summed E-state index contributed by atoms with van der Waals surface area (Å²) in [5.74, 6) is 0.196. The number of carbonyl (C=O) groups is 4. The SMILES string of the molecule is CCCCCCCCCCCCCCCCCCCCCC(=O)O[C@H](COC(=O)CCCCCCCCC(C)C)COP(=O)(O)OC[C@H](O)COP(=O)(O)OC[C@@H](COC(=O)CCCCCCCCCCCCCCCCCCC(C)C)OC(=O)CCCCCCCCCCCCCCCCCCC(C)C. The van der Waals surface area contributed by atoms with Gasteiger partial charge in [-0.05, 0) is 43.4 Å². The van der Waals surface area contributed by atoms with Crippen LogP contribution in [0.15, 0.2) is 0 Å². The number of rotatable bonds is 85. The molecule has 0 aromatic rings. The Labute approximate surface area is 651 Å². The maximum atomic E-state index is 13.1. The normalized spacial score (nSPS) is 13.9. The molecular weight excluding hydrogens is 1380 g/mol. The van der Waals surface area contributed by atoms with Crippen LogP contribution in [0.25, 0.3) is 0 Å². The van der Waals surface area contributed by atoms with Gasteiger partial charge in [0.25, 0.3) is 0 Å². The predicted octanol–water partition coefficient (Wildman–Crippen LogP) is 26.5. The van der Waals surface area contributed by atoms with Crippen LogP contribution >= 0.6 is 15.6 Å². The van der Waals surface area contributed by atoms with Crippen LogP contribution in [0.3, 0.4) is 0 Å². The van der Waals surface area contributed by atoms with E-state index in [1.165, 1.54) is 263 Å². The highest BCUT2D eigenvalue weighted by Crippen LogP contribution is 2.45. The molecule has 0 aromatic carbocycles. The molecule has 0 rings (SSSR count). The van der Waals surface area contributed by atoms with Gasteiger partial charge in [0.15, 0.2) is 12.2 Å². The predicted molar refractivity (Wildman–Crippen MR) is 437 cm³/mol. The minimum Gasteiger partial charge on any atom is -0.462 e. The van der Waals surface area contributed by atoms with Crippen LogP contribution < -0.4 is 0 Å². The van der Waals surface area contributed by atoms with Crippen LogP contribution in [0.4, 0.5) is 0 Å². The lowest BCUT2D eigenvalue weighted by molar-refractivity contribution is -0.161. The molecule has 0 amide bonds. The van der Waals surface area contributed by atoms with E-state index in [1.54, 1.807) is 0 Å². The molecule has 0 aliphatic rings. The van der Waals surface area contributed by atoms with Crippen molar-refractivity contribution in [2.75, 3.05) is 39.6 Å². The van der Waals surface area contributed by atoms with Gasteiger partial charge in [-0.2, -0.15) is 0 Å². The largest absolute Gasteiger partial charge is 0.472 e. The van der Waals surface area contributed by atoms with Crippen LogP contribution in [-0.2, 0) is 65.4 Å². The van der Waals surface area contributed by atoms with E-state index < -0.39 is 97.5 Å². The van der Waals surface area contributed by atoms with Gasteiger partial charge in [-0.1, -0.05) is 408 Å². The number of phosphoric acid groups is 2. The van der Waals surface area contributed by atoms with Crippen LogP contribution in [0.1, 0.15) is 459 Å². The van der Waals surface area contributed by atoms with E-state index in [0.29, 0.717) is 31.6 Å². The van der Waals surface area contributed by atoms with E-state index in [9.17, 15) is 43.2 Å². The Bertz CT molecular complexity index is 2040. The lowest BCUT2D eigenvalue weighted by Gasteiger charge is -2.21. The van der Waals surface area contributed by atoms with Crippen molar-refractivity contribution < 1.29 is 80.2 Å². The first-order valence-corrected chi connectivity index (χ1v) is 47.8. The van der Waals surface area contributed by atoms with E-state index >= 15 is 0 Å². The minimum absolute atomic E-state index is 0.108. The molecule has 0 aliphatic heterocycles. The van der Waals surface area contributed by atoms with Crippen molar-refractivity contribution in [1.29, 1.82) is 0 Å². The van der Waals surface area contributed by atoms with Crippen molar-refractivity contribution in [3.8, 4) is 0 Å². The Kier molecular flexibility index (Phi) is 75.6. The maximum Gasteiger partial charge on any atom is 0.472 e. The molecule has 0 aromatic heterocycles. The Morgan fingerprint density at radius 1 is 0.255 bits per heavy atom. The van der Waals surface area contributed by atoms with Crippen LogP contribution in [0, 0.1) is 17.8 Å². The molecule has 0 bridgehead atoms. The molecule has 630 valence electrons. The van der Waals surface area contributed by atoms with Gasteiger partial charge >= 0.3 is 39.5 Å². The highest BCUT2D eigenvalue weighted by atomic mass is 31.2. The van der Waals surface area contributed by atoms with Crippen molar-refractivity contribution in [2.45, 2.75) is 478 Å². The summed E-state index contributed by atoms with van der Waals surface area (Å²) < 4.78 is 68.9. The lowest BCUT2D eigenvalue weighted by atomic mass is 10.0. The average molecular weight is 1550 g/mol. The quantitative estimate of drug-likeness (QED) is 0.0222. The second kappa shape index (κ2) is 77.0. The third-order valence-electron chi connectivity index (χ3n) is 20.4. The molecule has 17 nitrogen and oxygen atoms in total. The molecule has 0 spiro atoms. The van der Waals surface area contributed by atoms with Gasteiger partial charge in [-0.3, -0.25) is 37.3 Å². The fourth-order valence-electron chi connectivity index (χ4n) is 13.5. The number of hydrogen-bond acceptors (Lipinski definition) is 15. The number of hydrogen-bond donors (Lipinski definition) is 3. The summed E-state index contributed by atoms with van der Waals surface area (Å²) in [7, 11) is -9.93. The Morgan fingerprint density at radius 2 is 0.434 bits per heavy atom. The standard InChI is InChI=1S/C87H170O17P2/c1-8-9-10-11-12-13-14-15-16-17-18-19-27-32-37-42-47-56-64-71-87(92)104-83(75-98-85(90)69-62-55-50-49-53-60-67-80(6)7)77-102-106(95,96)100-73-81(88)72-99-105(93,94)101-76-82(103-86(91)70-63-57-48-43-38-33-28-23-21-25-30-35-40-45-52-59-66-79(4)5)74-97-84(89)68-61-54-46-41-36-31-26-22-20-24-29-34-39-44-51-58-65-78(2)3/h78-83,88H,8-77H2,1-7H3,(H,93,94)(H,95,96)/t81-,82-,83-/m1/s1. The minimum atomic E-state index is -4.97. The molecule has 0 heterocycles. The molecule has 0 saturated carbocycles. The fourth-order valence-corrected chi connectivity index (χ4v) is 15.1. The fraction of sp³-hybridized carbons (Fsp3) is 0.954. The van der Waals surface area contributed by atoms with Gasteiger partial charge in [0.1, 0.15) is 19.3 Å². The molecule has 5 atom stereocenters. The van der Waals surface area contributed by atoms with Crippen molar-refractivity contribution in [2.24, 2.45) is 17.8 Å². The molecule has 0 radical (unpaired) electrons. The van der Waals surface area contributed by atoms with Crippen molar-refractivity contribution in [3.63, 3.8) is 0 Å². The molecule has 2 unspecified atom stereocenters. The lowest BCUT2D eigenvalue weighted by Crippen LogP contribution is -2.30. The summed E-state index contributed by atoms with van der Waals surface area (Å²) in [6.45, 7) is 12.0. The summed E-state index contributed by atoms with van der Waals surface area (Å²) in [6.07, 6.45) is 68.3. The van der Waals surface area contributed by atoms with Crippen molar-refractivity contribution in [1.82, 2.24) is 0 Å².